The molecule has 0 saturated carbocycles. The normalized spacial score (nSPS) is 10.1. The van der Waals surface area contributed by atoms with Crippen LogP contribution in [-0.4, -0.2) is 21.1 Å². The first-order chi connectivity index (χ1) is 6.75. The van der Waals surface area contributed by atoms with E-state index in [1.165, 1.54) is 29.1 Å². The number of halogens is 1. The quantitative estimate of drug-likeness (QED) is 0.823. The molecule has 0 bridgehead atoms. The molecule has 2 heterocycles. The van der Waals surface area contributed by atoms with Crippen LogP contribution in [0, 0.1) is 0 Å². The maximum atomic E-state index is 11.5. The third-order valence-corrected chi connectivity index (χ3v) is 2.30. The van der Waals surface area contributed by atoms with Gasteiger partial charge in [-0.2, -0.15) is 0 Å². The van der Waals surface area contributed by atoms with Crippen molar-refractivity contribution in [2.45, 2.75) is 0 Å². The standard InChI is InChI=1S/C7H5ClN4OS/c8-4-1-5(9-2-4)6(13)11-7-12-10-3-14-7/h1-3,9H,(H,11,12,13). The SMILES string of the molecule is O=C(Nc1nncs1)c1cc(Cl)c[nH]1. The number of hydrogen-bond donors (Lipinski definition) is 2. The maximum Gasteiger partial charge on any atom is 0.273 e. The molecule has 2 N–H and O–H groups in total. The van der Waals surface area contributed by atoms with Crippen LogP contribution in [0.15, 0.2) is 17.8 Å². The van der Waals surface area contributed by atoms with Crippen molar-refractivity contribution in [2.24, 2.45) is 0 Å². The zero-order chi connectivity index (χ0) is 9.97. The fraction of sp³-hybridized carbons (Fsp3) is 0. The van der Waals surface area contributed by atoms with Gasteiger partial charge in [0.15, 0.2) is 0 Å². The lowest BCUT2D eigenvalue weighted by atomic mass is 10.4. The Kier molecular flexibility index (Phi) is 2.47. The van der Waals surface area contributed by atoms with E-state index in [2.05, 4.69) is 20.5 Å². The molecule has 0 aliphatic heterocycles. The highest BCUT2D eigenvalue weighted by molar-refractivity contribution is 7.13. The van der Waals surface area contributed by atoms with Crippen LogP contribution in [0.5, 0.6) is 0 Å². The smallest absolute Gasteiger partial charge is 0.273 e. The van der Waals surface area contributed by atoms with Gasteiger partial charge in [-0.05, 0) is 6.07 Å². The summed E-state index contributed by atoms with van der Waals surface area (Å²) in [5.74, 6) is -0.284. The molecule has 0 aliphatic carbocycles. The van der Waals surface area contributed by atoms with Gasteiger partial charge in [-0.25, -0.2) is 0 Å². The van der Waals surface area contributed by atoms with Gasteiger partial charge in [-0.3, -0.25) is 10.1 Å². The molecule has 0 aliphatic rings. The van der Waals surface area contributed by atoms with E-state index < -0.39 is 0 Å². The van der Waals surface area contributed by atoms with E-state index in [9.17, 15) is 4.79 Å². The molecule has 0 unspecified atom stereocenters. The van der Waals surface area contributed by atoms with Crippen molar-refractivity contribution in [3.05, 3.63) is 28.5 Å². The maximum absolute atomic E-state index is 11.5. The van der Waals surface area contributed by atoms with Crippen molar-refractivity contribution in [1.29, 1.82) is 0 Å². The lowest BCUT2D eigenvalue weighted by Gasteiger charge is -1.96. The van der Waals surface area contributed by atoms with Gasteiger partial charge in [0.05, 0.1) is 5.02 Å². The molecule has 5 nitrogen and oxygen atoms in total. The van der Waals surface area contributed by atoms with E-state index in [-0.39, 0.29) is 5.91 Å². The number of aromatic amines is 1. The molecule has 2 aromatic rings. The van der Waals surface area contributed by atoms with Crippen molar-refractivity contribution in [1.82, 2.24) is 15.2 Å². The average Bonchev–Trinajstić information content (AvgIpc) is 2.75. The summed E-state index contributed by atoms with van der Waals surface area (Å²) in [4.78, 5) is 14.2. The molecule has 0 saturated heterocycles. The van der Waals surface area contributed by atoms with Gasteiger partial charge in [0.1, 0.15) is 11.2 Å². The van der Waals surface area contributed by atoms with Crippen LogP contribution in [0.1, 0.15) is 10.5 Å². The minimum absolute atomic E-state index is 0.284. The van der Waals surface area contributed by atoms with Crippen LogP contribution >= 0.6 is 22.9 Å². The summed E-state index contributed by atoms with van der Waals surface area (Å²) in [7, 11) is 0. The number of aromatic nitrogens is 3. The largest absolute Gasteiger partial charge is 0.356 e. The van der Waals surface area contributed by atoms with E-state index >= 15 is 0 Å². The first-order valence-electron chi connectivity index (χ1n) is 3.67. The number of rotatable bonds is 2. The van der Waals surface area contributed by atoms with Gasteiger partial charge < -0.3 is 4.98 Å². The second kappa shape index (κ2) is 3.77. The van der Waals surface area contributed by atoms with Crippen LogP contribution < -0.4 is 5.32 Å². The summed E-state index contributed by atoms with van der Waals surface area (Å²) in [5.41, 5.74) is 1.93. The van der Waals surface area contributed by atoms with Crippen LogP contribution in [0.3, 0.4) is 0 Å². The molecule has 0 radical (unpaired) electrons. The third kappa shape index (κ3) is 1.91. The van der Waals surface area contributed by atoms with Crippen molar-refractivity contribution in [3.8, 4) is 0 Å². The molecule has 0 atom stereocenters. The summed E-state index contributed by atoms with van der Waals surface area (Å²) in [6.07, 6.45) is 1.54. The average molecular weight is 229 g/mol. The highest BCUT2D eigenvalue weighted by Gasteiger charge is 2.09. The van der Waals surface area contributed by atoms with Gasteiger partial charge >= 0.3 is 0 Å². The van der Waals surface area contributed by atoms with E-state index in [1.54, 1.807) is 0 Å². The van der Waals surface area contributed by atoms with Crippen molar-refractivity contribution >= 4 is 34.0 Å². The minimum atomic E-state index is -0.284. The van der Waals surface area contributed by atoms with Crippen LogP contribution in [0.25, 0.3) is 0 Å². The van der Waals surface area contributed by atoms with E-state index in [1.807, 2.05) is 0 Å². The highest BCUT2D eigenvalue weighted by atomic mass is 35.5. The Labute approximate surface area is 88.1 Å². The minimum Gasteiger partial charge on any atom is -0.356 e. The van der Waals surface area contributed by atoms with Gasteiger partial charge in [0.2, 0.25) is 5.13 Å². The predicted molar refractivity (Wildman–Crippen MR) is 53.7 cm³/mol. The van der Waals surface area contributed by atoms with Crippen molar-refractivity contribution < 1.29 is 4.79 Å². The van der Waals surface area contributed by atoms with Crippen LogP contribution in [-0.2, 0) is 0 Å². The molecule has 0 aromatic carbocycles. The van der Waals surface area contributed by atoms with Gasteiger partial charge in [0.25, 0.3) is 5.91 Å². The van der Waals surface area contributed by atoms with Gasteiger partial charge in [0, 0.05) is 6.20 Å². The Balaban J connectivity index is 2.10. The molecule has 1 amide bonds. The molecule has 72 valence electrons. The molecule has 7 heteroatoms. The Morgan fingerprint density at radius 3 is 3.07 bits per heavy atom. The zero-order valence-corrected chi connectivity index (χ0v) is 8.39. The summed E-state index contributed by atoms with van der Waals surface area (Å²) in [6, 6.07) is 1.54. The van der Waals surface area contributed by atoms with Gasteiger partial charge in [-0.15, -0.1) is 10.2 Å². The summed E-state index contributed by atoms with van der Waals surface area (Å²) >= 11 is 6.90. The Morgan fingerprint density at radius 1 is 1.64 bits per heavy atom. The Morgan fingerprint density at radius 2 is 2.50 bits per heavy atom. The third-order valence-electron chi connectivity index (χ3n) is 1.47. The summed E-state index contributed by atoms with van der Waals surface area (Å²) in [5, 5.41) is 10.8. The first-order valence-corrected chi connectivity index (χ1v) is 4.93. The number of nitrogens with one attached hydrogen (secondary N) is 2. The highest BCUT2D eigenvalue weighted by Crippen LogP contribution is 2.13. The lowest BCUT2D eigenvalue weighted by molar-refractivity contribution is 0.102. The number of anilines is 1. The molecule has 0 spiro atoms. The number of H-pyrrole nitrogens is 1. The monoisotopic (exact) mass is 228 g/mol. The number of carbonyl (C=O) groups excluding carboxylic acids is 1. The van der Waals surface area contributed by atoms with Crippen LogP contribution in [0.2, 0.25) is 5.02 Å². The Bertz CT molecular complexity index is 438. The summed E-state index contributed by atoms with van der Waals surface area (Å²) < 4.78 is 0. The lowest BCUT2D eigenvalue weighted by Crippen LogP contribution is -2.11. The number of hydrogen-bond acceptors (Lipinski definition) is 4. The van der Waals surface area contributed by atoms with Crippen molar-refractivity contribution in [2.75, 3.05) is 5.32 Å². The molecule has 2 rings (SSSR count). The number of carbonyl (C=O) groups is 1. The predicted octanol–water partition coefficient (Wildman–Crippen LogP) is 1.77. The van der Waals surface area contributed by atoms with E-state index in [4.69, 9.17) is 11.6 Å². The van der Waals surface area contributed by atoms with Crippen LogP contribution in [0.4, 0.5) is 5.13 Å². The molecular formula is C7H5ClN4OS. The zero-order valence-electron chi connectivity index (χ0n) is 6.82. The van der Waals surface area contributed by atoms with Gasteiger partial charge in [-0.1, -0.05) is 22.9 Å². The molecule has 2 aromatic heterocycles. The number of nitrogens with zero attached hydrogens (tertiary/aromatic N) is 2. The molecule has 0 fully saturated rings. The fourth-order valence-corrected chi connectivity index (χ4v) is 1.49. The fourth-order valence-electron chi connectivity index (χ4n) is 0.891. The van der Waals surface area contributed by atoms with E-state index in [0.29, 0.717) is 15.8 Å². The topological polar surface area (TPSA) is 70.7 Å². The summed E-state index contributed by atoms with van der Waals surface area (Å²) in [6.45, 7) is 0. The van der Waals surface area contributed by atoms with Crippen molar-refractivity contribution in [3.63, 3.8) is 0 Å². The second-order valence-electron chi connectivity index (χ2n) is 2.43. The molecular weight excluding hydrogens is 224 g/mol. The Hall–Kier alpha value is -1.40. The molecule has 14 heavy (non-hydrogen) atoms. The number of amides is 1. The van der Waals surface area contributed by atoms with E-state index in [0.717, 1.165) is 0 Å². The second-order valence-corrected chi connectivity index (χ2v) is 3.70. The first kappa shape index (κ1) is 9.17.